The maximum Gasteiger partial charge on any atom is 0.216 e. The quantitative estimate of drug-likeness (QED) is 0.454. The van der Waals surface area contributed by atoms with Gasteiger partial charge in [0.1, 0.15) is 6.61 Å². The summed E-state index contributed by atoms with van der Waals surface area (Å²) >= 11 is 0. The molecule has 1 fully saturated rings. The molecule has 1 heterocycles. The Morgan fingerprint density at radius 3 is 2.80 bits per heavy atom. The number of aliphatic hydroxyl groups is 1. The lowest BCUT2D eigenvalue weighted by atomic mass is 10.3. The standard InChI is InChI=1S/C7H14O3/c1-2-3-4-9-7(5-8)6-10-7/h8H,2-6H2,1H3/t7-/m1/s1. The van der Waals surface area contributed by atoms with Crippen LogP contribution in [0.25, 0.3) is 0 Å². The highest BCUT2D eigenvalue weighted by Crippen LogP contribution is 2.27. The molecule has 3 nitrogen and oxygen atoms in total. The third kappa shape index (κ3) is 1.94. The fourth-order valence-corrected chi connectivity index (χ4v) is 0.703. The highest BCUT2D eigenvalue weighted by molar-refractivity contribution is 4.80. The number of hydrogen-bond acceptors (Lipinski definition) is 3. The molecule has 1 aliphatic rings. The van der Waals surface area contributed by atoms with Gasteiger partial charge in [-0.1, -0.05) is 13.3 Å². The molecular weight excluding hydrogens is 132 g/mol. The molecule has 1 rings (SSSR count). The van der Waals surface area contributed by atoms with Gasteiger partial charge < -0.3 is 14.6 Å². The van der Waals surface area contributed by atoms with Crippen LogP contribution in [0.3, 0.4) is 0 Å². The topological polar surface area (TPSA) is 42.0 Å². The first-order valence-corrected chi connectivity index (χ1v) is 3.72. The first-order valence-electron chi connectivity index (χ1n) is 3.72. The van der Waals surface area contributed by atoms with Crippen LogP contribution in [0.2, 0.25) is 0 Å². The summed E-state index contributed by atoms with van der Waals surface area (Å²) in [7, 11) is 0. The zero-order valence-corrected chi connectivity index (χ0v) is 6.30. The van der Waals surface area contributed by atoms with Crippen molar-refractivity contribution in [3.05, 3.63) is 0 Å². The average molecular weight is 146 g/mol. The van der Waals surface area contributed by atoms with Crippen molar-refractivity contribution in [1.29, 1.82) is 0 Å². The normalized spacial score (nSPS) is 30.6. The fourth-order valence-electron chi connectivity index (χ4n) is 0.703. The van der Waals surface area contributed by atoms with E-state index in [1.54, 1.807) is 0 Å². The van der Waals surface area contributed by atoms with Crippen LogP contribution >= 0.6 is 0 Å². The smallest absolute Gasteiger partial charge is 0.216 e. The molecule has 0 radical (unpaired) electrons. The number of epoxide rings is 1. The van der Waals surface area contributed by atoms with Crippen LogP contribution < -0.4 is 0 Å². The number of unbranched alkanes of at least 4 members (excludes halogenated alkanes) is 1. The van der Waals surface area contributed by atoms with Crippen LogP contribution in [0.1, 0.15) is 19.8 Å². The molecule has 1 atom stereocenters. The Bertz CT molecular complexity index is 99.0. The highest BCUT2D eigenvalue weighted by Gasteiger charge is 2.45. The minimum atomic E-state index is -0.602. The molecule has 0 amide bonds. The molecular formula is C7H14O3. The molecule has 0 spiro atoms. The molecule has 0 aliphatic carbocycles. The van der Waals surface area contributed by atoms with Crippen LogP contribution in [0.5, 0.6) is 0 Å². The van der Waals surface area contributed by atoms with Gasteiger partial charge in [-0.15, -0.1) is 0 Å². The summed E-state index contributed by atoms with van der Waals surface area (Å²) in [4.78, 5) is 0. The van der Waals surface area contributed by atoms with E-state index in [0.717, 1.165) is 12.8 Å². The van der Waals surface area contributed by atoms with Crippen molar-refractivity contribution in [1.82, 2.24) is 0 Å². The molecule has 0 bridgehead atoms. The summed E-state index contributed by atoms with van der Waals surface area (Å²) < 4.78 is 10.2. The van der Waals surface area contributed by atoms with Gasteiger partial charge in [0, 0.05) is 0 Å². The van der Waals surface area contributed by atoms with Gasteiger partial charge in [0.15, 0.2) is 0 Å². The van der Waals surface area contributed by atoms with Gasteiger partial charge in [0.05, 0.1) is 13.2 Å². The van der Waals surface area contributed by atoms with Crippen molar-refractivity contribution in [3.8, 4) is 0 Å². The molecule has 0 aromatic heterocycles. The monoisotopic (exact) mass is 146 g/mol. The van der Waals surface area contributed by atoms with Gasteiger partial charge in [0.2, 0.25) is 5.79 Å². The molecule has 0 aromatic rings. The van der Waals surface area contributed by atoms with E-state index in [-0.39, 0.29) is 6.61 Å². The molecule has 3 heteroatoms. The first-order chi connectivity index (χ1) is 4.83. The number of ether oxygens (including phenoxy) is 2. The van der Waals surface area contributed by atoms with Crippen molar-refractivity contribution >= 4 is 0 Å². The van der Waals surface area contributed by atoms with Gasteiger partial charge in [0.25, 0.3) is 0 Å². The lowest BCUT2D eigenvalue weighted by Crippen LogP contribution is -2.21. The second-order valence-electron chi connectivity index (χ2n) is 2.56. The molecule has 1 saturated heterocycles. The predicted octanol–water partition coefficient (Wildman–Crippen LogP) is 0.522. The van der Waals surface area contributed by atoms with Crippen LogP contribution in [0, 0.1) is 0 Å². The average Bonchev–Trinajstić information content (AvgIpc) is 2.70. The Labute approximate surface area is 60.9 Å². The summed E-state index contributed by atoms with van der Waals surface area (Å²) in [6.45, 7) is 3.32. The third-order valence-corrected chi connectivity index (χ3v) is 1.57. The number of hydrogen-bond donors (Lipinski definition) is 1. The second kappa shape index (κ2) is 3.32. The fraction of sp³-hybridized carbons (Fsp3) is 1.00. The van der Waals surface area contributed by atoms with E-state index in [0.29, 0.717) is 13.2 Å². The predicted molar refractivity (Wildman–Crippen MR) is 36.6 cm³/mol. The van der Waals surface area contributed by atoms with Crippen LogP contribution in [-0.2, 0) is 9.47 Å². The molecule has 10 heavy (non-hydrogen) atoms. The molecule has 1 aliphatic heterocycles. The Balaban J connectivity index is 2.01. The van der Waals surface area contributed by atoms with E-state index in [1.807, 2.05) is 0 Å². The Hall–Kier alpha value is -0.120. The summed E-state index contributed by atoms with van der Waals surface area (Å²) in [5, 5.41) is 8.71. The summed E-state index contributed by atoms with van der Waals surface area (Å²) in [6.07, 6.45) is 2.15. The van der Waals surface area contributed by atoms with Crippen molar-refractivity contribution < 1.29 is 14.6 Å². The van der Waals surface area contributed by atoms with Crippen molar-refractivity contribution in [2.24, 2.45) is 0 Å². The molecule has 0 saturated carbocycles. The molecule has 0 unspecified atom stereocenters. The van der Waals surface area contributed by atoms with Crippen molar-refractivity contribution in [2.75, 3.05) is 19.8 Å². The van der Waals surface area contributed by atoms with E-state index in [4.69, 9.17) is 14.6 Å². The van der Waals surface area contributed by atoms with E-state index < -0.39 is 5.79 Å². The minimum Gasteiger partial charge on any atom is -0.391 e. The summed E-state index contributed by atoms with van der Waals surface area (Å²) in [6, 6.07) is 0. The van der Waals surface area contributed by atoms with Crippen LogP contribution in [0.15, 0.2) is 0 Å². The zero-order chi connectivity index (χ0) is 7.45. The highest BCUT2D eigenvalue weighted by atomic mass is 16.8. The maximum absolute atomic E-state index is 8.71. The number of rotatable bonds is 5. The van der Waals surface area contributed by atoms with Gasteiger partial charge in [-0.2, -0.15) is 0 Å². The molecule has 1 N–H and O–H groups in total. The van der Waals surface area contributed by atoms with Gasteiger partial charge in [-0.25, -0.2) is 0 Å². The molecule has 60 valence electrons. The minimum absolute atomic E-state index is 0.0171. The largest absolute Gasteiger partial charge is 0.391 e. The maximum atomic E-state index is 8.71. The third-order valence-electron chi connectivity index (χ3n) is 1.57. The lowest BCUT2D eigenvalue weighted by Gasteiger charge is -2.08. The second-order valence-corrected chi connectivity index (χ2v) is 2.56. The van der Waals surface area contributed by atoms with Crippen LogP contribution in [-0.4, -0.2) is 30.7 Å². The van der Waals surface area contributed by atoms with Crippen molar-refractivity contribution in [3.63, 3.8) is 0 Å². The van der Waals surface area contributed by atoms with Crippen molar-refractivity contribution in [2.45, 2.75) is 25.6 Å². The number of aliphatic hydroxyl groups excluding tert-OH is 1. The van der Waals surface area contributed by atoms with Gasteiger partial charge in [-0.05, 0) is 6.42 Å². The Morgan fingerprint density at radius 1 is 1.70 bits per heavy atom. The zero-order valence-electron chi connectivity index (χ0n) is 6.30. The SMILES string of the molecule is CCCCO[C@@]1(CO)CO1. The van der Waals surface area contributed by atoms with Crippen LogP contribution in [0.4, 0.5) is 0 Å². The Morgan fingerprint density at radius 2 is 2.40 bits per heavy atom. The van der Waals surface area contributed by atoms with E-state index >= 15 is 0 Å². The Kier molecular flexibility index (Phi) is 2.65. The first kappa shape index (κ1) is 7.98. The van der Waals surface area contributed by atoms with E-state index in [2.05, 4.69) is 6.92 Å². The lowest BCUT2D eigenvalue weighted by molar-refractivity contribution is -0.0758. The molecule has 0 aromatic carbocycles. The van der Waals surface area contributed by atoms with Gasteiger partial charge >= 0.3 is 0 Å². The summed E-state index contributed by atoms with van der Waals surface area (Å²) in [5.74, 6) is -0.602. The van der Waals surface area contributed by atoms with E-state index in [1.165, 1.54) is 0 Å². The summed E-state index contributed by atoms with van der Waals surface area (Å²) in [5.41, 5.74) is 0. The van der Waals surface area contributed by atoms with E-state index in [9.17, 15) is 0 Å². The van der Waals surface area contributed by atoms with Gasteiger partial charge in [-0.3, -0.25) is 0 Å².